The number of likely N-dealkylation sites (N-methyl/N-ethyl adjacent to an activating group) is 1. The maximum atomic E-state index is 12.7. The number of carbonyl (C=O) groups excluding carboxylic acids is 2. The maximum absolute atomic E-state index is 12.7. The molecule has 0 spiro atoms. The van der Waals surface area contributed by atoms with E-state index in [0.717, 1.165) is 54.3 Å². The summed E-state index contributed by atoms with van der Waals surface area (Å²) in [6.45, 7) is 3.74. The van der Waals surface area contributed by atoms with Crippen LogP contribution in [0.25, 0.3) is 16.7 Å². The molecule has 0 aliphatic carbocycles. The Balaban J connectivity index is 1.18. The molecule has 0 unspecified atom stereocenters. The van der Waals surface area contributed by atoms with Gasteiger partial charge in [-0.05, 0) is 49.0 Å². The number of fused-ring (bicyclic) bond motifs is 1. The van der Waals surface area contributed by atoms with Crippen LogP contribution in [0.4, 0.5) is 0 Å². The Labute approximate surface area is 211 Å². The molecule has 36 heavy (non-hydrogen) atoms. The van der Waals surface area contributed by atoms with Crippen LogP contribution in [0.3, 0.4) is 0 Å². The van der Waals surface area contributed by atoms with Gasteiger partial charge in [0, 0.05) is 56.8 Å². The second-order valence-electron chi connectivity index (χ2n) is 9.26. The first-order valence-corrected chi connectivity index (χ1v) is 12.4. The molecule has 184 valence electrons. The third-order valence-corrected chi connectivity index (χ3v) is 6.70. The number of aromatic nitrogens is 2. The lowest BCUT2D eigenvalue weighted by Crippen LogP contribution is -2.47. The third kappa shape index (κ3) is 5.31. The van der Waals surface area contributed by atoms with E-state index in [1.807, 2.05) is 65.6 Å². The Morgan fingerprint density at radius 2 is 1.56 bits per heavy atom. The van der Waals surface area contributed by atoms with Crippen molar-refractivity contribution in [3.63, 3.8) is 0 Å². The van der Waals surface area contributed by atoms with Crippen molar-refractivity contribution in [1.29, 1.82) is 0 Å². The molecule has 1 N–H and O–H groups in total. The molecule has 0 bridgehead atoms. The minimum absolute atomic E-state index is 0.0285. The van der Waals surface area contributed by atoms with Crippen molar-refractivity contribution in [2.75, 3.05) is 33.2 Å². The molecule has 1 aliphatic rings. The smallest absolute Gasteiger partial charge is 0.253 e. The standard InChI is InChI=1S/C29H31N5O2/c1-32-17-19-33(20-18-32)29(36)23-13-11-22(12-14-23)21-30-28(35)16-15-27-31-25-9-5-6-10-26(25)34(27)24-7-3-2-4-8-24/h2-14H,15-21H2,1H3,(H,30,35). The average Bonchev–Trinajstić information content (AvgIpc) is 3.30. The van der Waals surface area contributed by atoms with Gasteiger partial charge < -0.3 is 15.1 Å². The summed E-state index contributed by atoms with van der Waals surface area (Å²) < 4.78 is 2.12. The quantitative estimate of drug-likeness (QED) is 0.437. The van der Waals surface area contributed by atoms with Gasteiger partial charge in [-0.1, -0.05) is 42.5 Å². The second-order valence-corrected chi connectivity index (χ2v) is 9.26. The first kappa shape index (κ1) is 23.8. The van der Waals surface area contributed by atoms with Crippen LogP contribution in [-0.2, 0) is 17.8 Å². The van der Waals surface area contributed by atoms with E-state index in [9.17, 15) is 9.59 Å². The molecule has 3 aromatic carbocycles. The van der Waals surface area contributed by atoms with Crippen LogP contribution in [-0.4, -0.2) is 64.4 Å². The Morgan fingerprint density at radius 1 is 0.861 bits per heavy atom. The van der Waals surface area contributed by atoms with E-state index in [1.165, 1.54) is 0 Å². The molecule has 7 nitrogen and oxygen atoms in total. The molecule has 2 amide bonds. The highest BCUT2D eigenvalue weighted by Gasteiger charge is 2.20. The molecule has 1 fully saturated rings. The van der Waals surface area contributed by atoms with E-state index in [1.54, 1.807) is 0 Å². The first-order valence-electron chi connectivity index (χ1n) is 12.4. The molecule has 4 aromatic rings. The SMILES string of the molecule is CN1CCN(C(=O)c2ccc(CNC(=O)CCc3nc4ccccc4n3-c3ccccc3)cc2)CC1. The number of nitrogens with one attached hydrogen (secondary N) is 1. The number of carbonyl (C=O) groups is 2. The summed E-state index contributed by atoms with van der Waals surface area (Å²) in [5.74, 6) is 0.906. The van der Waals surface area contributed by atoms with E-state index in [-0.39, 0.29) is 11.8 Å². The van der Waals surface area contributed by atoms with E-state index >= 15 is 0 Å². The molecule has 1 saturated heterocycles. The number of para-hydroxylation sites is 3. The number of piperazine rings is 1. The summed E-state index contributed by atoms with van der Waals surface area (Å²) in [6, 6.07) is 25.7. The number of benzene rings is 3. The summed E-state index contributed by atoms with van der Waals surface area (Å²) in [4.78, 5) is 34.3. The molecule has 0 radical (unpaired) electrons. The highest BCUT2D eigenvalue weighted by atomic mass is 16.2. The van der Waals surface area contributed by atoms with Crippen molar-refractivity contribution in [1.82, 2.24) is 24.7 Å². The zero-order chi connectivity index (χ0) is 24.9. The highest BCUT2D eigenvalue weighted by molar-refractivity contribution is 5.94. The minimum atomic E-state index is -0.0285. The number of aryl methyl sites for hydroxylation is 1. The van der Waals surface area contributed by atoms with Crippen LogP contribution in [0.1, 0.15) is 28.2 Å². The van der Waals surface area contributed by atoms with Gasteiger partial charge in [0.15, 0.2) is 0 Å². The van der Waals surface area contributed by atoms with Crippen LogP contribution >= 0.6 is 0 Å². The average molecular weight is 482 g/mol. The Morgan fingerprint density at radius 3 is 2.31 bits per heavy atom. The number of imidazole rings is 1. The number of hydrogen-bond acceptors (Lipinski definition) is 4. The zero-order valence-electron chi connectivity index (χ0n) is 20.6. The lowest BCUT2D eigenvalue weighted by atomic mass is 10.1. The fraction of sp³-hybridized carbons (Fsp3) is 0.276. The predicted molar refractivity (Wildman–Crippen MR) is 141 cm³/mol. The van der Waals surface area contributed by atoms with Crippen molar-refractivity contribution in [2.45, 2.75) is 19.4 Å². The Bertz CT molecular complexity index is 1340. The summed E-state index contributed by atoms with van der Waals surface area (Å²) in [6.07, 6.45) is 0.879. The van der Waals surface area contributed by atoms with Crippen LogP contribution in [0, 0.1) is 0 Å². The van der Waals surface area contributed by atoms with Crippen molar-refractivity contribution in [3.8, 4) is 5.69 Å². The van der Waals surface area contributed by atoms with Crippen LogP contribution < -0.4 is 5.32 Å². The largest absolute Gasteiger partial charge is 0.352 e. The number of amides is 2. The molecule has 0 saturated carbocycles. The Hall–Kier alpha value is -3.97. The van der Waals surface area contributed by atoms with Crippen LogP contribution in [0.15, 0.2) is 78.9 Å². The summed E-state index contributed by atoms with van der Waals surface area (Å²) in [5, 5.41) is 3.00. The fourth-order valence-electron chi connectivity index (χ4n) is 4.58. The normalized spacial score (nSPS) is 14.2. The van der Waals surface area contributed by atoms with Gasteiger partial charge in [-0.25, -0.2) is 4.98 Å². The fourth-order valence-corrected chi connectivity index (χ4v) is 4.58. The lowest BCUT2D eigenvalue weighted by Gasteiger charge is -2.32. The van der Waals surface area contributed by atoms with Crippen molar-refractivity contribution >= 4 is 22.8 Å². The van der Waals surface area contributed by atoms with E-state index in [2.05, 4.69) is 40.0 Å². The molecule has 1 aromatic heterocycles. The summed E-state index contributed by atoms with van der Waals surface area (Å²) in [5.41, 5.74) is 4.64. The molecule has 0 atom stereocenters. The molecule has 1 aliphatic heterocycles. The number of nitrogens with zero attached hydrogens (tertiary/aromatic N) is 4. The lowest BCUT2D eigenvalue weighted by molar-refractivity contribution is -0.121. The monoisotopic (exact) mass is 481 g/mol. The van der Waals surface area contributed by atoms with E-state index in [0.29, 0.717) is 24.9 Å². The number of hydrogen-bond donors (Lipinski definition) is 1. The molecule has 7 heteroatoms. The molecular weight excluding hydrogens is 450 g/mol. The van der Waals surface area contributed by atoms with Gasteiger partial charge in [-0.15, -0.1) is 0 Å². The van der Waals surface area contributed by atoms with Gasteiger partial charge in [-0.3, -0.25) is 14.2 Å². The third-order valence-electron chi connectivity index (χ3n) is 6.70. The van der Waals surface area contributed by atoms with Crippen molar-refractivity contribution < 1.29 is 9.59 Å². The van der Waals surface area contributed by atoms with Crippen molar-refractivity contribution in [3.05, 3.63) is 95.8 Å². The van der Waals surface area contributed by atoms with Gasteiger partial charge in [0.05, 0.1) is 11.0 Å². The summed E-state index contributed by atoms with van der Waals surface area (Å²) in [7, 11) is 2.07. The van der Waals surface area contributed by atoms with E-state index in [4.69, 9.17) is 4.98 Å². The first-order chi connectivity index (χ1) is 17.6. The highest BCUT2D eigenvalue weighted by Crippen LogP contribution is 2.22. The second kappa shape index (κ2) is 10.7. The van der Waals surface area contributed by atoms with Gasteiger partial charge in [0.1, 0.15) is 5.82 Å². The molecule has 5 rings (SSSR count). The van der Waals surface area contributed by atoms with Gasteiger partial charge in [-0.2, -0.15) is 0 Å². The predicted octanol–water partition coefficient (Wildman–Crippen LogP) is 3.66. The van der Waals surface area contributed by atoms with Gasteiger partial charge >= 0.3 is 0 Å². The minimum Gasteiger partial charge on any atom is -0.352 e. The summed E-state index contributed by atoms with van der Waals surface area (Å²) >= 11 is 0. The molecule has 2 heterocycles. The topological polar surface area (TPSA) is 70.5 Å². The molecular formula is C29H31N5O2. The van der Waals surface area contributed by atoms with Crippen LogP contribution in [0.2, 0.25) is 0 Å². The van der Waals surface area contributed by atoms with Crippen LogP contribution in [0.5, 0.6) is 0 Å². The van der Waals surface area contributed by atoms with Gasteiger partial charge in [0.25, 0.3) is 5.91 Å². The van der Waals surface area contributed by atoms with Crippen molar-refractivity contribution in [2.24, 2.45) is 0 Å². The Kier molecular flexibility index (Phi) is 7.09. The van der Waals surface area contributed by atoms with E-state index < -0.39 is 0 Å². The maximum Gasteiger partial charge on any atom is 0.253 e. The zero-order valence-corrected chi connectivity index (χ0v) is 20.6. The van der Waals surface area contributed by atoms with Gasteiger partial charge in [0.2, 0.25) is 5.91 Å². The number of rotatable bonds is 7.